The Morgan fingerprint density at radius 3 is 2.79 bits per heavy atom. The molecule has 28 heavy (non-hydrogen) atoms. The number of fused-ring (bicyclic) bond motifs is 1. The molecule has 1 aliphatic heterocycles. The molecule has 3 aromatic rings. The van der Waals surface area contributed by atoms with Gasteiger partial charge in [-0.1, -0.05) is 12.1 Å². The largest absolute Gasteiger partial charge is 0.491 e. The van der Waals surface area contributed by atoms with E-state index in [0.29, 0.717) is 12.2 Å². The van der Waals surface area contributed by atoms with Crippen LogP contribution >= 0.6 is 11.3 Å². The van der Waals surface area contributed by atoms with Crippen molar-refractivity contribution >= 4 is 27.5 Å². The molecular formula is C22H24N2O3S. The summed E-state index contributed by atoms with van der Waals surface area (Å²) in [4.78, 5) is 19.3. The second-order valence-corrected chi connectivity index (χ2v) is 8.14. The Morgan fingerprint density at radius 2 is 2.07 bits per heavy atom. The maximum absolute atomic E-state index is 12.9. The third kappa shape index (κ3) is 4.03. The molecule has 1 amide bonds. The smallest absolute Gasteiger partial charge is 0.254 e. The number of hydrogen-bond donors (Lipinski definition) is 0. The molecule has 0 radical (unpaired) electrons. The summed E-state index contributed by atoms with van der Waals surface area (Å²) in [7, 11) is 1.82. The Morgan fingerprint density at radius 1 is 1.29 bits per heavy atom. The van der Waals surface area contributed by atoms with Crippen molar-refractivity contribution in [2.24, 2.45) is 0 Å². The zero-order valence-electron chi connectivity index (χ0n) is 16.1. The molecular weight excluding hydrogens is 372 g/mol. The zero-order valence-corrected chi connectivity index (χ0v) is 16.9. The van der Waals surface area contributed by atoms with E-state index in [9.17, 15) is 4.79 Å². The summed E-state index contributed by atoms with van der Waals surface area (Å²) in [5.41, 5.74) is 1.61. The number of thiazole rings is 1. The van der Waals surface area contributed by atoms with Crippen LogP contribution in [0.3, 0.4) is 0 Å². The predicted octanol–water partition coefficient (Wildman–Crippen LogP) is 4.69. The van der Waals surface area contributed by atoms with Gasteiger partial charge in [0.15, 0.2) is 0 Å². The van der Waals surface area contributed by atoms with Gasteiger partial charge >= 0.3 is 0 Å². The summed E-state index contributed by atoms with van der Waals surface area (Å²) < 4.78 is 12.5. The Kier molecular flexibility index (Phi) is 5.59. The van der Waals surface area contributed by atoms with E-state index < -0.39 is 0 Å². The number of rotatable bonds is 6. The standard InChI is InChI=1S/C22H24N2O3S/c1-15(21-23-19-7-3-4-8-20(19)28-21)24(2)22(25)16-9-11-17(12-10-16)27-14-18-6-5-13-26-18/h3-4,7-12,15,18H,5-6,13-14H2,1-2H3/t15-,18+/m0/s1. The fourth-order valence-electron chi connectivity index (χ4n) is 3.27. The summed E-state index contributed by atoms with van der Waals surface area (Å²) in [5.74, 6) is 0.728. The van der Waals surface area contributed by atoms with Gasteiger partial charge in [0, 0.05) is 19.2 Å². The minimum Gasteiger partial charge on any atom is -0.491 e. The minimum atomic E-state index is -0.0969. The van der Waals surface area contributed by atoms with E-state index >= 15 is 0 Å². The molecule has 2 heterocycles. The lowest BCUT2D eigenvalue weighted by Gasteiger charge is -2.23. The molecule has 1 aliphatic rings. The summed E-state index contributed by atoms with van der Waals surface area (Å²) in [6, 6.07) is 15.3. The van der Waals surface area contributed by atoms with Crippen LogP contribution in [0.4, 0.5) is 0 Å². The molecule has 146 valence electrons. The molecule has 0 N–H and O–H groups in total. The minimum absolute atomic E-state index is 0.0302. The Labute approximate surface area is 168 Å². The van der Waals surface area contributed by atoms with Gasteiger partial charge < -0.3 is 14.4 Å². The highest BCUT2D eigenvalue weighted by molar-refractivity contribution is 7.18. The maximum atomic E-state index is 12.9. The molecule has 0 spiro atoms. The monoisotopic (exact) mass is 396 g/mol. The fraction of sp³-hybridized carbons (Fsp3) is 0.364. The van der Waals surface area contributed by atoms with Crippen molar-refractivity contribution < 1.29 is 14.3 Å². The van der Waals surface area contributed by atoms with Crippen LogP contribution in [0.25, 0.3) is 10.2 Å². The van der Waals surface area contributed by atoms with E-state index in [-0.39, 0.29) is 18.1 Å². The number of hydrogen-bond acceptors (Lipinski definition) is 5. The molecule has 1 aromatic heterocycles. The fourth-order valence-corrected chi connectivity index (χ4v) is 4.34. The molecule has 0 aliphatic carbocycles. The topological polar surface area (TPSA) is 51.7 Å². The lowest BCUT2D eigenvalue weighted by atomic mass is 10.1. The summed E-state index contributed by atoms with van der Waals surface area (Å²) in [6.07, 6.45) is 2.33. The SMILES string of the molecule is C[C@@H](c1nc2ccccc2s1)N(C)C(=O)c1ccc(OC[C@H]2CCCO2)cc1. The molecule has 1 saturated heterocycles. The average molecular weight is 397 g/mol. The van der Waals surface area contributed by atoms with Crippen LogP contribution in [0.1, 0.15) is 41.2 Å². The summed E-state index contributed by atoms with van der Waals surface area (Å²) >= 11 is 1.63. The third-order valence-electron chi connectivity index (χ3n) is 5.13. The average Bonchev–Trinajstić information content (AvgIpc) is 3.40. The number of carbonyl (C=O) groups excluding carboxylic acids is 1. The van der Waals surface area contributed by atoms with E-state index in [1.807, 2.05) is 56.4 Å². The highest BCUT2D eigenvalue weighted by Gasteiger charge is 2.22. The van der Waals surface area contributed by atoms with E-state index in [2.05, 4.69) is 11.1 Å². The summed E-state index contributed by atoms with van der Waals surface area (Å²) in [6.45, 7) is 3.39. The molecule has 2 aromatic carbocycles. The number of amides is 1. The van der Waals surface area contributed by atoms with Gasteiger partial charge in [-0.3, -0.25) is 4.79 Å². The van der Waals surface area contributed by atoms with Gasteiger partial charge in [0.2, 0.25) is 0 Å². The van der Waals surface area contributed by atoms with Crippen LogP contribution in [-0.2, 0) is 4.74 Å². The first-order valence-electron chi connectivity index (χ1n) is 9.59. The number of para-hydroxylation sites is 1. The summed E-state index contributed by atoms with van der Waals surface area (Å²) in [5, 5.41) is 0.938. The van der Waals surface area contributed by atoms with Crippen molar-refractivity contribution in [3.05, 3.63) is 59.1 Å². The van der Waals surface area contributed by atoms with Gasteiger partial charge in [0.1, 0.15) is 17.4 Å². The number of nitrogens with zero attached hydrogens (tertiary/aromatic N) is 2. The van der Waals surface area contributed by atoms with Crippen LogP contribution in [0, 0.1) is 0 Å². The first-order valence-corrected chi connectivity index (χ1v) is 10.4. The van der Waals surface area contributed by atoms with Gasteiger partial charge in [-0.15, -0.1) is 11.3 Å². The van der Waals surface area contributed by atoms with Gasteiger partial charge in [-0.25, -0.2) is 4.98 Å². The van der Waals surface area contributed by atoms with E-state index in [1.165, 1.54) is 0 Å². The predicted molar refractivity (Wildman–Crippen MR) is 111 cm³/mol. The lowest BCUT2D eigenvalue weighted by molar-refractivity contribution is 0.0678. The van der Waals surface area contributed by atoms with E-state index in [0.717, 1.165) is 40.4 Å². The van der Waals surface area contributed by atoms with E-state index in [4.69, 9.17) is 9.47 Å². The molecule has 0 unspecified atom stereocenters. The Balaban J connectivity index is 1.40. The Hall–Kier alpha value is -2.44. The molecule has 1 fully saturated rings. The van der Waals surface area contributed by atoms with Crippen LogP contribution in [0.5, 0.6) is 5.75 Å². The van der Waals surface area contributed by atoms with E-state index in [1.54, 1.807) is 16.2 Å². The van der Waals surface area contributed by atoms with Crippen LogP contribution in [0.15, 0.2) is 48.5 Å². The number of aromatic nitrogens is 1. The number of ether oxygens (including phenoxy) is 2. The second kappa shape index (κ2) is 8.29. The van der Waals surface area contributed by atoms with Gasteiger partial charge in [-0.2, -0.15) is 0 Å². The van der Waals surface area contributed by atoms with Crippen molar-refractivity contribution in [2.75, 3.05) is 20.3 Å². The molecule has 5 nitrogen and oxygen atoms in total. The second-order valence-electron chi connectivity index (χ2n) is 7.08. The quantitative estimate of drug-likeness (QED) is 0.607. The first-order chi connectivity index (χ1) is 13.6. The number of benzene rings is 2. The van der Waals surface area contributed by atoms with Crippen molar-refractivity contribution in [1.82, 2.24) is 9.88 Å². The maximum Gasteiger partial charge on any atom is 0.254 e. The Bertz CT molecular complexity index is 915. The molecule has 0 saturated carbocycles. The highest BCUT2D eigenvalue weighted by Crippen LogP contribution is 2.29. The van der Waals surface area contributed by atoms with Crippen LogP contribution in [0.2, 0.25) is 0 Å². The van der Waals surface area contributed by atoms with Gasteiger partial charge in [-0.05, 0) is 56.2 Å². The van der Waals surface area contributed by atoms with Gasteiger partial charge in [0.05, 0.1) is 22.4 Å². The van der Waals surface area contributed by atoms with Crippen molar-refractivity contribution in [3.63, 3.8) is 0 Å². The number of carbonyl (C=O) groups is 1. The lowest BCUT2D eigenvalue weighted by Crippen LogP contribution is -2.29. The molecule has 2 atom stereocenters. The first kappa shape index (κ1) is 18.9. The van der Waals surface area contributed by atoms with Crippen molar-refractivity contribution in [3.8, 4) is 5.75 Å². The third-order valence-corrected chi connectivity index (χ3v) is 6.34. The van der Waals surface area contributed by atoms with Crippen molar-refractivity contribution in [1.29, 1.82) is 0 Å². The normalized spacial score (nSPS) is 17.6. The van der Waals surface area contributed by atoms with Crippen molar-refractivity contribution in [2.45, 2.75) is 31.9 Å². The van der Waals surface area contributed by atoms with Gasteiger partial charge in [0.25, 0.3) is 5.91 Å². The van der Waals surface area contributed by atoms with Crippen LogP contribution in [-0.4, -0.2) is 42.2 Å². The van der Waals surface area contributed by atoms with Crippen LogP contribution < -0.4 is 4.74 Å². The zero-order chi connectivity index (χ0) is 19.5. The molecule has 0 bridgehead atoms. The molecule has 6 heteroatoms. The molecule has 4 rings (SSSR count). The highest BCUT2D eigenvalue weighted by atomic mass is 32.1.